The van der Waals surface area contributed by atoms with E-state index >= 15 is 0 Å². The van der Waals surface area contributed by atoms with Crippen LogP contribution in [0.25, 0.3) is 11.1 Å². The van der Waals surface area contributed by atoms with E-state index in [-0.39, 0.29) is 18.2 Å². The van der Waals surface area contributed by atoms with Gasteiger partial charge in [0.15, 0.2) is 0 Å². The molecule has 3 aromatic rings. The third kappa shape index (κ3) is 3.63. The van der Waals surface area contributed by atoms with Crippen LogP contribution in [-0.2, 0) is 11.3 Å². The first kappa shape index (κ1) is 18.7. The van der Waals surface area contributed by atoms with Crippen LogP contribution in [0.1, 0.15) is 30.0 Å². The van der Waals surface area contributed by atoms with Crippen LogP contribution in [0.15, 0.2) is 97.1 Å². The van der Waals surface area contributed by atoms with Gasteiger partial charge in [0, 0.05) is 5.92 Å². The molecule has 3 aliphatic rings. The Balaban J connectivity index is 1.38. The summed E-state index contributed by atoms with van der Waals surface area (Å²) in [5, 5.41) is 0. The topological polar surface area (TPSA) is 29.5 Å². The van der Waals surface area contributed by atoms with Crippen LogP contribution in [0.4, 0.5) is 4.79 Å². The minimum absolute atomic E-state index is 0.0295. The number of nitrogens with zero attached hydrogens (tertiary/aromatic N) is 1. The number of hydrogen-bond donors (Lipinski definition) is 0. The molecule has 2 heterocycles. The van der Waals surface area contributed by atoms with Crippen molar-refractivity contribution in [1.29, 1.82) is 0 Å². The summed E-state index contributed by atoms with van der Waals surface area (Å²) in [6.45, 7) is 0.303. The van der Waals surface area contributed by atoms with Crippen molar-refractivity contribution in [1.82, 2.24) is 4.90 Å². The van der Waals surface area contributed by atoms with E-state index in [2.05, 4.69) is 60.7 Å². The lowest BCUT2D eigenvalue weighted by Crippen LogP contribution is -2.50. The van der Waals surface area contributed by atoms with Crippen molar-refractivity contribution in [2.75, 3.05) is 0 Å². The van der Waals surface area contributed by atoms with Gasteiger partial charge in [0.05, 0.1) is 12.1 Å². The quantitative estimate of drug-likeness (QED) is 0.480. The van der Waals surface area contributed by atoms with Gasteiger partial charge in [-0.05, 0) is 35.1 Å². The van der Waals surface area contributed by atoms with E-state index in [0.29, 0.717) is 12.5 Å². The fourth-order valence-electron chi connectivity index (χ4n) is 4.69. The average Bonchev–Trinajstić information content (AvgIpc) is 2.84. The molecular weight excluding hydrogens is 370 g/mol. The average molecular weight is 396 g/mol. The second-order valence-corrected chi connectivity index (χ2v) is 8.07. The number of hydrogen-bond acceptors (Lipinski definition) is 2. The molecule has 1 fully saturated rings. The van der Waals surface area contributed by atoms with Gasteiger partial charge in [0.2, 0.25) is 0 Å². The Labute approximate surface area is 177 Å². The Kier molecular flexibility index (Phi) is 5.10. The summed E-state index contributed by atoms with van der Waals surface area (Å²) in [6.07, 6.45) is 6.34. The lowest BCUT2D eigenvalue weighted by molar-refractivity contribution is 0.0325. The maximum absolute atomic E-state index is 13.1. The summed E-state index contributed by atoms with van der Waals surface area (Å²) >= 11 is 0. The predicted octanol–water partition coefficient (Wildman–Crippen LogP) is 6.38. The van der Waals surface area contributed by atoms with Gasteiger partial charge in [-0.1, -0.05) is 97.1 Å². The normalized spacial score (nSPS) is 22.1. The monoisotopic (exact) mass is 395 g/mol. The van der Waals surface area contributed by atoms with Crippen LogP contribution >= 0.6 is 0 Å². The molecule has 0 aromatic heterocycles. The fraction of sp³-hybridized carbons (Fsp3) is 0.222. The molecule has 0 radical (unpaired) electrons. The molecule has 3 nitrogen and oxygen atoms in total. The number of amides is 1. The highest BCUT2D eigenvalue weighted by Gasteiger charge is 2.42. The zero-order chi connectivity index (χ0) is 20.3. The van der Waals surface area contributed by atoms with E-state index in [1.807, 2.05) is 41.3 Å². The molecule has 3 heteroatoms. The van der Waals surface area contributed by atoms with Crippen LogP contribution < -0.4 is 0 Å². The Bertz CT molecular complexity index is 1030. The second-order valence-electron chi connectivity index (χ2n) is 8.07. The molecule has 0 unspecified atom stereocenters. The molecule has 3 atom stereocenters. The number of ether oxygens (including phenoxy) is 1. The first-order chi connectivity index (χ1) is 14.8. The zero-order valence-electron chi connectivity index (χ0n) is 16.9. The van der Waals surface area contributed by atoms with Crippen molar-refractivity contribution in [2.45, 2.75) is 31.5 Å². The van der Waals surface area contributed by atoms with Crippen LogP contribution in [0.2, 0.25) is 0 Å². The van der Waals surface area contributed by atoms with Crippen molar-refractivity contribution < 1.29 is 9.53 Å². The highest BCUT2D eigenvalue weighted by Crippen LogP contribution is 2.44. The van der Waals surface area contributed by atoms with Crippen molar-refractivity contribution >= 4 is 6.09 Å². The van der Waals surface area contributed by atoms with Crippen molar-refractivity contribution in [3.63, 3.8) is 0 Å². The molecular formula is C27H25NO2. The van der Waals surface area contributed by atoms with Crippen LogP contribution in [-0.4, -0.2) is 17.0 Å². The summed E-state index contributed by atoms with van der Waals surface area (Å²) in [6, 6.07) is 29.0. The summed E-state index contributed by atoms with van der Waals surface area (Å²) < 4.78 is 5.72. The summed E-state index contributed by atoms with van der Waals surface area (Å²) in [7, 11) is 0. The number of piperidine rings is 1. The van der Waals surface area contributed by atoms with E-state index in [0.717, 1.165) is 18.4 Å². The van der Waals surface area contributed by atoms with Crippen molar-refractivity contribution in [2.24, 2.45) is 5.92 Å². The first-order valence-corrected chi connectivity index (χ1v) is 10.6. The number of benzene rings is 3. The van der Waals surface area contributed by atoms with E-state index in [4.69, 9.17) is 4.74 Å². The van der Waals surface area contributed by atoms with Gasteiger partial charge in [-0.25, -0.2) is 4.79 Å². The fourth-order valence-corrected chi connectivity index (χ4v) is 4.69. The molecule has 1 saturated heterocycles. The van der Waals surface area contributed by atoms with Crippen LogP contribution in [0, 0.1) is 5.92 Å². The van der Waals surface area contributed by atoms with E-state index in [1.54, 1.807) is 0 Å². The van der Waals surface area contributed by atoms with E-state index < -0.39 is 0 Å². The first-order valence-electron chi connectivity index (χ1n) is 10.6. The number of fused-ring (bicyclic) bond motifs is 2. The molecule has 30 heavy (non-hydrogen) atoms. The van der Waals surface area contributed by atoms with Crippen molar-refractivity contribution in [3.05, 3.63) is 108 Å². The minimum atomic E-state index is -0.227. The highest BCUT2D eigenvalue weighted by molar-refractivity contribution is 5.70. The lowest BCUT2D eigenvalue weighted by atomic mass is 9.77. The number of carbonyl (C=O) groups excluding carboxylic acids is 1. The molecule has 2 aliphatic heterocycles. The van der Waals surface area contributed by atoms with Crippen molar-refractivity contribution in [3.8, 4) is 11.1 Å². The van der Waals surface area contributed by atoms with Gasteiger partial charge < -0.3 is 4.74 Å². The van der Waals surface area contributed by atoms with Gasteiger partial charge in [-0.15, -0.1) is 0 Å². The number of carbonyl (C=O) groups is 1. The van der Waals surface area contributed by atoms with Gasteiger partial charge in [-0.3, -0.25) is 4.90 Å². The predicted molar refractivity (Wildman–Crippen MR) is 119 cm³/mol. The Morgan fingerprint density at radius 3 is 2.13 bits per heavy atom. The van der Waals surface area contributed by atoms with E-state index in [9.17, 15) is 4.79 Å². The third-order valence-electron chi connectivity index (χ3n) is 6.21. The molecule has 0 spiro atoms. The molecule has 3 aromatic carbocycles. The molecule has 0 saturated carbocycles. The van der Waals surface area contributed by atoms with Crippen LogP contribution in [0.3, 0.4) is 0 Å². The molecule has 0 N–H and O–H groups in total. The smallest absolute Gasteiger partial charge is 0.411 e. The summed E-state index contributed by atoms with van der Waals surface area (Å²) in [4.78, 5) is 15.1. The Hall–Kier alpha value is -3.33. The standard InChI is InChI=1S/C27H25NO2/c29-27(30-19-20-7-3-1-4-8-20)28-25-17-15-24(16-18-25)26(28)23-13-11-22(12-14-23)21-9-5-2-6-10-21/h1-15,17,24-26H,16,18-19H2/t24-,25-,26+/m0/s1. The third-order valence-corrected chi connectivity index (χ3v) is 6.21. The SMILES string of the molecule is O=C(OCc1ccccc1)N1[C@H](c2ccc(-c3ccccc3)cc2)[C@H]2C=C[C@H]1CC2. The van der Waals surface area contributed by atoms with E-state index in [1.165, 1.54) is 16.7 Å². The van der Waals surface area contributed by atoms with Gasteiger partial charge >= 0.3 is 6.09 Å². The van der Waals surface area contributed by atoms with Gasteiger partial charge in [0.1, 0.15) is 6.61 Å². The zero-order valence-corrected chi connectivity index (χ0v) is 16.9. The largest absolute Gasteiger partial charge is 0.445 e. The second kappa shape index (κ2) is 8.19. The van der Waals surface area contributed by atoms with Gasteiger partial charge in [0.25, 0.3) is 0 Å². The lowest BCUT2D eigenvalue weighted by Gasteiger charge is -2.47. The molecule has 6 rings (SSSR count). The molecule has 2 bridgehead atoms. The summed E-state index contributed by atoms with van der Waals surface area (Å²) in [5.41, 5.74) is 4.57. The Morgan fingerprint density at radius 1 is 0.800 bits per heavy atom. The highest BCUT2D eigenvalue weighted by atomic mass is 16.6. The van der Waals surface area contributed by atoms with Gasteiger partial charge in [-0.2, -0.15) is 0 Å². The maximum atomic E-state index is 13.1. The summed E-state index contributed by atoms with van der Waals surface area (Å²) in [5.74, 6) is 0.335. The number of rotatable bonds is 4. The molecule has 1 amide bonds. The minimum Gasteiger partial charge on any atom is -0.445 e. The van der Waals surface area contributed by atoms with Crippen LogP contribution in [0.5, 0.6) is 0 Å². The maximum Gasteiger partial charge on any atom is 0.411 e. The molecule has 150 valence electrons. The molecule has 1 aliphatic carbocycles. The Morgan fingerprint density at radius 2 is 1.47 bits per heavy atom.